The highest BCUT2D eigenvalue weighted by atomic mass is 32.1. The van der Waals surface area contributed by atoms with E-state index in [1.807, 2.05) is 23.8 Å². The summed E-state index contributed by atoms with van der Waals surface area (Å²) in [4.78, 5) is 6.08. The van der Waals surface area contributed by atoms with Gasteiger partial charge in [0.25, 0.3) is 0 Å². The summed E-state index contributed by atoms with van der Waals surface area (Å²) in [5, 5.41) is 2.05. The van der Waals surface area contributed by atoms with Crippen molar-refractivity contribution in [3.05, 3.63) is 29.9 Å². The van der Waals surface area contributed by atoms with Crippen LogP contribution in [-0.4, -0.2) is 14.5 Å². The summed E-state index contributed by atoms with van der Waals surface area (Å²) < 4.78 is 2.12. The van der Waals surface area contributed by atoms with Crippen molar-refractivity contribution in [2.24, 2.45) is 5.73 Å². The summed E-state index contributed by atoms with van der Waals surface area (Å²) in [5.41, 5.74) is 5.57. The third kappa shape index (κ3) is 2.31. The fourth-order valence-electron chi connectivity index (χ4n) is 1.65. The molecule has 0 aliphatic heterocycles. The number of nitrogens with two attached hydrogens (primary N) is 1. The second-order valence-corrected chi connectivity index (χ2v) is 5.13. The molecule has 5 heteroatoms. The number of nitrogens with zero attached hydrogens (tertiary/aromatic N) is 2. The number of hydrogen-bond donors (Lipinski definition) is 1. The molecule has 1 unspecified atom stereocenters. The van der Waals surface area contributed by atoms with Gasteiger partial charge in [-0.2, -0.15) is 0 Å². The van der Waals surface area contributed by atoms with Gasteiger partial charge in [0.1, 0.15) is 5.82 Å². The summed E-state index contributed by atoms with van der Waals surface area (Å²) in [6, 6.07) is 4.34. The summed E-state index contributed by atoms with van der Waals surface area (Å²) in [7, 11) is 0. The Bertz CT molecular complexity index is 473. The lowest BCUT2D eigenvalue weighted by Gasteiger charge is -2.14. The van der Waals surface area contributed by atoms with E-state index in [-0.39, 0.29) is 6.04 Å². The third-order valence-electron chi connectivity index (χ3n) is 2.38. The van der Waals surface area contributed by atoms with Crippen molar-refractivity contribution >= 4 is 28.5 Å². The van der Waals surface area contributed by atoms with Crippen LogP contribution in [0.25, 0.3) is 10.7 Å². The molecule has 0 saturated carbocycles. The zero-order valence-corrected chi connectivity index (χ0v) is 10.6. The Balaban J connectivity index is 2.29. The average molecular weight is 251 g/mol. The molecule has 0 radical (unpaired) electrons. The first-order valence-corrected chi connectivity index (χ1v) is 6.32. The normalized spacial score (nSPS) is 12.6. The quantitative estimate of drug-likeness (QED) is 0.850. The van der Waals surface area contributed by atoms with E-state index in [2.05, 4.69) is 22.5 Å². The van der Waals surface area contributed by atoms with Crippen LogP contribution in [0.5, 0.6) is 0 Å². The summed E-state index contributed by atoms with van der Waals surface area (Å²) in [6.45, 7) is 2.10. The average Bonchev–Trinajstić information content (AvgIpc) is 2.87. The number of rotatable bonds is 4. The van der Waals surface area contributed by atoms with Gasteiger partial charge in [-0.3, -0.25) is 0 Å². The molecule has 1 atom stereocenters. The van der Waals surface area contributed by atoms with Gasteiger partial charge >= 0.3 is 0 Å². The maximum atomic E-state index is 5.57. The van der Waals surface area contributed by atoms with Crippen molar-refractivity contribution < 1.29 is 0 Å². The minimum Gasteiger partial charge on any atom is -0.393 e. The highest BCUT2D eigenvalue weighted by Crippen LogP contribution is 2.26. The molecule has 0 aliphatic carbocycles. The molecule has 3 nitrogen and oxygen atoms in total. The second kappa shape index (κ2) is 4.76. The Morgan fingerprint density at radius 2 is 2.50 bits per heavy atom. The Labute approximate surface area is 104 Å². The van der Waals surface area contributed by atoms with Crippen LogP contribution in [0.15, 0.2) is 29.9 Å². The summed E-state index contributed by atoms with van der Waals surface area (Å²) in [5.74, 6) is 0.985. The lowest BCUT2D eigenvalue weighted by Crippen LogP contribution is -2.15. The van der Waals surface area contributed by atoms with E-state index in [9.17, 15) is 0 Å². The number of aromatic nitrogens is 2. The first kappa shape index (κ1) is 11.3. The van der Waals surface area contributed by atoms with Crippen LogP contribution in [0.1, 0.15) is 19.4 Å². The zero-order chi connectivity index (χ0) is 11.5. The molecule has 0 bridgehead atoms. The predicted octanol–water partition coefficient (Wildman–Crippen LogP) is 2.85. The van der Waals surface area contributed by atoms with Gasteiger partial charge in [0.05, 0.1) is 9.87 Å². The van der Waals surface area contributed by atoms with E-state index in [1.54, 1.807) is 11.3 Å². The molecule has 0 amide bonds. The predicted molar refractivity (Wildman–Crippen MR) is 71.7 cm³/mol. The highest BCUT2D eigenvalue weighted by Gasteiger charge is 2.12. The smallest absolute Gasteiger partial charge is 0.150 e. The molecule has 2 aromatic heterocycles. The molecule has 2 N–H and O–H groups in total. The van der Waals surface area contributed by atoms with Crippen LogP contribution in [0, 0.1) is 0 Å². The fraction of sp³-hybridized carbons (Fsp3) is 0.273. The topological polar surface area (TPSA) is 43.8 Å². The van der Waals surface area contributed by atoms with Crippen LogP contribution in [0.2, 0.25) is 0 Å². The van der Waals surface area contributed by atoms with Gasteiger partial charge in [-0.15, -0.1) is 11.3 Å². The standard InChI is InChI=1S/C11H13N3S2/c1-8(7-10(12)15)14-5-4-13-11(14)9-3-2-6-16-9/h2-6,8H,7H2,1H3,(H2,12,15). The SMILES string of the molecule is CC(CC(N)=S)n1ccnc1-c1cccs1. The Morgan fingerprint density at radius 3 is 3.12 bits per heavy atom. The summed E-state index contributed by atoms with van der Waals surface area (Å²) >= 11 is 6.62. The van der Waals surface area contributed by atoms with E-state index in [1.165, 1.54) is 4.88 Å². The van der Waals surface area contributed by atoms with Gasteiger partial charge in [0.15, 0.2) is 0 Å². The van der Waals surface area contributed by atoms with Crippen LogP contribution in [0.4, 0.5) is 0 Å². The van der Waals surface area contributed by atoms with Crippen molar-refractivity contribution in [2.75, 3.05) is 0 Å². The molecule has 2 rings (SSSR count). The molecular weight excluding hydrogens is 238 g/mol. The van der Waals surface area contributed by atoms with Crippen LogP contribution < -0.4 is 5.73 Å². The summed E-state index contributed by atoms with van der Waals surface area (Å²) in [6.07, 6.45) is 4.48. The van der Waals surface area contributed by atoms with Crippen LogP contribution >= 0.6 is 23.6 Å². The van der Waals surface area contributed by atoms with Gasteiger partial charge in [-0.25, -0.2) is 4.98 Å². The maximum Gasteiger partial charge on any atom is 0.150 e. The number of imidazole rings is 1. The maximum absolute atomic E-state index is 5.57. The van der Waals surface area contributed by atoms with Gasteiger partial charge in [-0.1, -0.05) is 18.3 Å². The second-order valence-electron chi connectivity index (χ2n) is 3.65. The van der Waals surface area contributed by atoms with Crippen molar-refractivity contribution in [1.29, 1.82) is 0 Å². The van der Waals surface area contributed by atoms with Crippen molar-refractivity contribution in [3.63, 3.8) is 0 Å². The highest BCUT2D eigenvalue weighted by molar-refractivity contribution is 7.80. The molecule has 2 heterocycles. The number of thiophene rings is 1. The fourth-order valence-corrected chi connectivity index (χ4v) is 2.62. The Hall–Kier alpha value is -1.20. The molecule has 0 aliphatic rings. The third-order valence-corrected chi connectivity index (χ3v) is 3.41. The van der Waals surface area contributed by atoms with Gasteiger partial charge in [-0.05, 0) is 18.4 Å². The molecular formula is C11H13N3S2. The molecule has 0 aromatic carbocycles. The molecule has 0 fully saturated rings. The van der Waals surface area contributed by atoms with E-state index >= 15 is 0 Å². The lowest BCUT2D eigenvalue weighted by molar-refractivity contribution is 0.575. The molecule has 84 valence electrons. The molecule has 0 saturated heterocycles. The van der Waals surface area contributed by atoms with Crippen molar-refractivity contribution in [1.82, 2.24) is 9.55 Å². The number of hydrogen-bond acceptors (Lipinski definition) is 3. The van der Waals surface area contributed by atoms with Gasteiger partial charge < -0.3 is 10.3 Å². The first-order chi connectivity index (χ1) is 7.68. The first-order valence-electron chi connectivity index (χ1n) is 5.03. The minimum atomic E-state index is 0.247. The van der Waals surface area contributed by atoms with Gasteiger partial charge in [0, 0.05) is 24.9 Å². The Kier molecular flexibility index (Phi) is 3.36. The van der Waals surface area contributed by atoms with E-state index < -0.39 is 0 Å². The molecule has 16 heavy (non-hydrogen) atoms. The molecule has 0 spiro atoms. The lowest BCUT2D eigenvalue weighted by atomic mass is 10.2. The molecule has 2 aromatic rings. The van der Waals surface area contributed by atoms with E-state index in [0.717, 1.165) is 5.82 Å². The zero-order valence-electron chi connectivity index (χ0n) is 8.96. The minimum absolute atomic E-state index is 0.247. The van der Waals surface area contributed by atoms with E-state index in [4.69, 9.17) is 18.0 Å². The van der Waals surface area contributed by atoms with Crippen molar-refractivity contribution in [3.8, 4) is 10.7 Å². The monoisotopic (exact) mass is 251 g/mol. The van der Waals surface area contributed by atoms with Gasteiger partial charge in [0.2, 0.25) is 0 Å². The van der Waals surface area contributed by atoms with E-state index in [0.29, 0.717) is 11.4 Å². The van der Waals surface area contributed by atoms with Crippen LogP contribution in [-0.2, 0) is 0 Å². The number of thiocarbonyl (C=S) groups is 1. The van der Waals surface area contributed by atoms with Crippen LogP contribution in [0.3, 0.4) is 0 Å². The van der Waals surface area contributed by atoms with Crippen molar-refractivity contribution in [2.45, 2.75) is 19.4 Å². The Morgan fingerprint density at radius 1 is 1.69 bits per heavy atom. The largest absolute Gasteiger partial charge is 0.393 e.